The molecule has 0 aliphatic heterocycles. The molecular formula is C16H14FN5OS. The number of thiazole rings is 1. The highest BCUT2D eigenvalue weighted by Gasteiger charge is 2.32. The first-order valence-electron chi connectivity index (χ1n) is 7.52. The first-order chi connectivity index (χ1) is 11.7. The lowest BCUT2D eigenvalue weighted by Crippen LogP contribution is -2.29. The van der Waals surface area contributed by atoms with Crippen LogP contribution in [0.5, 0.6) is 0 Å². The van der Waals surface area contributed by atoms with Gasteiger partial charge in [-0.15, -0.1) is 11.3 Å². The molecule has 3 aromatic rings. The molecule has 1 fully saturated rings. The maximum absolute atomic E-state index is 12.9. The van der Waals surface area contributed by atoms with Crippen molar-refractivity contribution >= 4 is 22.9 Å². The lowest BCUT2D eigenvalue weighted by molar-refractivity contribution is 0.0961. The molecule has 2 N–H and O–H groups in total. The molecule has 1 amide bonds. The average Bonchev–Trinajstić information content (AvgIpc) is 3.12. The highest BCUT2D eigenvalue weighted by molar-refractivity contribution is 7.12. The Morgan fingerprint density at radius 2 is 2.08 bits per heavy atom. The standard InChI is InChI=1S/C16H14FN5OS/c17-11-3-5-12(6-4-11)19-20-15(23)13-9-22(16-18-7-8-24-16)21-14(13)10-1-2-10/h3-10,19H,1-2H2,(H,20,23). The van der Waals surface area contributed by atoms with Gasteiger partial charge < -0.3 is 0 Å². The van der Waals surface area contributed by atoms with Crippen LogP contribution in [-0.2, 0) is 0 Å². The molecule has 1 aromatic carbocycles. The highest BCUT2D eigenvalue weighted by atomic mass is 32.1. The van der Waals surface area contributed by atoms with E-state index in [2.05, 4.69) is 20.9 Å². The molecule has 24 heavy (non-hydrogen) atoms. The number of carbonyl (C=O) groups excluding carboxylic acids is 1. The number of benzene rings is 1. The summed E-state index contributed by atoms with van der Waals surface area (Å²) in [6.07, 6.45) is 5.49. The van der Waals surface area contributed by atoms with E-state index in [0.717, 1.165) is 23.7 Å². The fraction of sp³-hybridized carbons (Fsp3) is 0.188. The van der Waals surface area contributed by atoms with Crippen molar-refractivity contribution in [3.05, 3.63) is 59.1 Å². The largest absolute Gasteiger partial charge is 0.298 e. The molecule has 4 rings (SSSR count). The molecule has 0 spiro atoms. The first kappa shape index (κ1) is 14.8. The zero-order chi connectivity index (χ0) is 16.5. The molecule has 2 aromatic heterocycles. The Morgan fingerprint density at radius 1 is 1.29 bits per heavy atom. The van der Waals surface area contributed by atoms with Gasteiger partial charge in [0.1, 0.15) is 5.82 Å². The minimum Gasteiger partial charge on any atom is -0.298 e. The van der Waals surface area contributed by atoms with Crippen LogP contribution < -0.4 is 10.9 Å². The normalized spacial score (nSPS) is 13.7. The van der Waals surface area contributed by atoms with Gasteiger partial charge >= 0.3 is 0 Å². The number of rotatable bonds is 5. The van der Waals surface area contributed by atoms with Crippen LogP contribution in [0.15, 0.2) is 42.0 Å². The zero-order valence-electron chi connectivity index (χ0n) is 12.6. The Morgan fingerprint density at radius 3 is 2.75 bits per heavy atom. The van der Waals surface area contributed by atoms with E-state index in [1.165, 1.54) is 23.5 Å². The summed E-state index contributed by atoms with van der Waals surface area (Å²) in [5.74, 6) is -0.269. The number of halogens is 1. The topological polar surface area (TPSA) is 71.8 Å². The fourth-order valence-electron chi connectivity index (χ4n) is 2.38. The number of hydrazine groups is 1. The summed E-state index contributed by atoms with van der Waals surface area (Å²) in [6.45, 7) is 0. The third kappa shape index (κ3) is 3.00. The van der Waals surface area contributed by atoms with Gasteiger partial charge in [0.2, 0.25) is 5.13 Å². The molecule has 0 atom stereocenters. The Hall–Kier alpha value is -2.74. The number of anilines is 1. The highest BCUT2D eigenvalue weighted by Crippen LogP contribution is 2.41. The van der Waals surface area contributed by atoms with E-state index in [1.54, 1.807) is 29.2 Å². The van der Waals surface area contributed by atoms with E-state index in [4.69, 9.17) is 0 Å². The summed E-state index contributed by atoms with van der Waals surface area (Å²) < 4.78 is 14.5. The predicted octanol–water partition coefficient (Wildman–Crippen LogP) is 3.10. The third-order valence-corrected chi connectivity index (χ3v) is 4.49. The zero-order valence-corrected chi connectivity index (χ0v) is 13.4. The van der Waals surface area contributed by atoms with Crippen molar-refractivity contribution in [1.82, 2.24) is 20.2 Å². The van der Waals surface area contributed by atoms with Gasteiger partial charge in [-0.1, -0.05) is 0 Å². The molecule has 2 heterocycles. The molecule has 1 saturated carbocycles. The molecule has 1 aliphatic rings. The molecule has 0 unspecified atom stereocenters. The van der Waals surface area contributed by atoms with Crippen molar-refractivity contribution in [2.45, 2.75) is 18.8 Å². The van der Waals surface area contributed by atoms with Gasteiger partial charge in [0.25, 0.3) is 5.91 Å². The molecule has 1 aliphatic carbocycles. The van der Waals surface area contributed by atoms with Crippen molar-refractivity contribution in [1.29, 1.82) is 0 Å². The van der Waals surface area contributed by atoms with Gasteiger partial charge in [0, 0.05) is 23.7 Å². The fourth-order valence-corrected chi connectivity index (χ4v) is 2.94. The lowest BCUT2D eigenvalue weighted by Gasteiger charge is -2.08. The summed E-state index contributed by atoms with van der Waals surface area (Å²) in [5, 5.41) is 7.12. The number of hydrogen-bond donors (Lipinski definition) is 2. The van der Waals surface area contributed by atoms with Crippen molar-refractivity contribution in [2.75, 3.05) is 5.43 Å². The second kappa shape index (κ2) is 6.04. The summed E-state index contributed by atoms with van der Waals surface area (Å²) in [4.78, 5) is 16.7. The van der Waals surface area contributed by atoms with Gasteiger partial charge in [-0.25, -0.2) is 14.1 Å². The number of aromatic nitrogens is 3. The molecule has 0 saturated heterocycles. The van der Waals surface area contributed by atoms with Crippen LogP contribution in [0.4, 0.5) is 10.1 Å². The van der Waals surface area contributed by atoms with Crippen LogP contribution in [0.3, 0.4) is 0 Å². The molecular weight excluding hydrogens is 329 g/mol. The number of hydrogen-bond acceptors (Lipinski definition) is 5. The first-order valence-corrected chi connectivity index (χ1v) is 8.40. The van der Waals surface area contributed by atoms with E-state index in [0.29, 0.717) is 17.2 Å². The summed E-state index contributed by atoms with van der Waals surface area (Å²) in [7, 11) is 0. The summed E-state index contributed by atoms with van der Waals surface area (Å²) >= 11 is 1.46. The smallest absolute Gasteiger partial charge is 0.273 e. The SMILES string of the molecule is O=C(NNc1ccc(F)cc1)c1cn(-c2nccs2)nc1C1CC1. The summed E-state index contributed by atoms with van der Waals surface area (Å²) in [6, 6.07) is 5.75. The van der Waals surface area contributed by atoms with Crippen LogP contribution in [0.25, 0.3) is 5.13 Å². The van der Waals surface area contributed by atoms with Crippen LogP contribution >= 0.6 is 11.3 Å². The Labute approximate surface area is 141 Å². The minimum absolute atomic E-state index is 0.274. The van der Waals surface area contributed by atoms with Crippen LogP contribution in [-0.4, -0.2) is 20.7 Å². The van der Waals surface area contributed by atoms with Gasteiger partial charge in [0.15, 0.2) is 0 Å². The second-order valence-electron chi connectivity index (χ2n) is 5.55. The Balaban J connectivity index is 1.53. The van der Waals surface area contributed by atoms with E-state index in [-0.39, 0.29) is 11.7 Å². The van der Waals surface area contributed by atoms with Crippen molar-refractivity contribution < 1.29 is 9.18 Å². The van der Waals surface area contributed by atoms with Crippen molar-refractivity contribution in [2.24, 2.45) is 0 Å². The third-order valence-electron chi connectivity index (χ3n) is 3.73. The molecule has 0 radical (unpaired) electrons. The quantitative estimate of drug-likeness (QED) is 0.698. The molecule has 6 nitrogen and oxygen atoms in total. The van der Waals surface area contributed by atoms with Gasteiger partial charge in [-0.2, -0.15) is 5.10 Å². The maximum Gasteiger partial charge on any atom is 0.273 e. The number of amides is 1. The predicted molar refractivity (Wildman–Crippen MR) is 88.7 cm³/mol. The Kier molecular flexibility index (Phi) is 3.73. The van der Waals surface area contributed by atoms with Crippen LogP contribution in [0, 0.1) is 5.82 Å². The molecule has 122 valence electrons. The van der Waals surface area contributed by atoms with Crippen molar-refractivity contribution in [3.8, 4) is 5.13 Å². The number of nitrogens with zero attached hydrogens (tertiary/aromatic N) is 3. The van der Waals surface area contributed by atoms with E-state index >= 15 is 0 Å². The van der Waals surface area contributed by atoms with E-state index < -0.39 is 0 Å². The average molecular weight is 343 g/mol. The van der Waals surface area contributed by atoms with Gasteiger partial charge in [0.05, 0.1) is 16.9 Å². The number of carbonyl (C=O) groups is 1. The van der Waals surface area contributed by atoms with Crippen LogP contribution in [0.2, 0.25) is 0 Å². The van der Waals surface area contributed by atoms with E-state index in [9.17, 15) is 9.18 Å². The minimum atomic E-state index is -0.326. The van der Waals surface area contributed by atoms with E-state index in [1.807, 2.05) is 5.38 Å². The second-order valence-corrected chi connectivity index (χ2v) is 6.42. The van der Waals surface area contributed by atoms with Gasteiger partial charge in [-0.3, -0.25) is 15.6 Å². The Bertz CT molecular complexity index is 855. The molecule has 8 heteroatoms. The van der Waals surface area contributed by atoms with Gasteiger partial charge in [-0.05, 0) is 37.1 Å². The van der Waals surface area contributed by atoms with Crippen molar-refractivity contribution in [3.63, 3.8) is 0 Å². The van der Waals surface area contributed by atoms with Crippen LogP contribution in [0.1, 0.15) is 34.8 Å². The maximum atomic E-state index is 12.9. The summed E-state index contributed by atoms with van der Waals surface area (Å²) in [5.41, 5.74) is 7.35. The molecule has 0 bridgehead atoms. The number of nitrogens with one attached hydrogen (secondary N) is 2. The lowest BCUT2D eigenvalue weighted by atomic mass is 10.2. The monoisotopic (exact) mass is 343 g/mol.